The monoisotopic (exact) mass is 426 g/mol. The molecular formula is C32H42. The fourth-order valence-electron chi connectivity index (χ4n) is 5.47. The van der Waals surface area contributed by atoms with Gasteiger partial charge in [0.2, 0.25) is 0 Å². The van der Waals surface area contributed by atoms with Gasteiger partial charge in [-0.15, -0.1) is 0 Å². The Bertz CT molecular complexity index is 948. The van der Waals surface area contributed by atoms with E-state index in [0.717, 1.165) is 0 Å². The van der Waals surface area contributed by atoms with Gasteiger partial charge in [-0.05, 0) is 69.1 Å². The first-order valence-corrected chi connectivity index (χ1v) is 13.5. The zero-order chi connectivity index (χ0) is 22.2. The van der Waals surface area contributed by atoms with Gasteiger partial charge in [-0.2, -0.15) is 0 Å². The van der Waals surface area contributed by atoms with E-state index in [9.17, 15) is 0 Å². The summed E-state index contributed by atoms with van der Waals surface area (Å²) in [6.07, 6.45) is 18.8. The fraction of sp³-hybridized carbons (Fsp3) is 0.500. The SMILES string of the molecule is CCCCCCCCc1cc2ccc3cc(CCCCCCCC)cc4ccc(c1)c2c34. The molecule has 0 heteroatoms. The topological polar surface area (TPSA) is 0 Å². The van der Waals surface area contributed by atoms with E-state index in [-0.39, 0.29) is 0 Å². The van der Waals surface area contributed by atoms with Crippen molar-refractivity contribution in [3.05, 3.63) is 59.7 Å². The smallest absolute Gasteiger partial charge is 0.00266 e. The second-order valence-electron chi connectivity index (χ2n) is 10.0. The number of hydrogen-bond donors (Lipinski definition) is 0. The minimum absolute atomic E-state index is 1.21. The van der Waals surface area contributed by atoms with Gasteiger partial charge in [0, 0.05) is 0 Å². The second-order valence-corrected chi connectivity index (χ2v) is 10.0. The lowest BCUT2D eigenvalue weighted by molar-refractivity contribution is 0.607. The van der Waals surface area contributed by atoms with Crippen LogP contribution in [0.3, 0.4) is 0 Å². The Balaban J connectivity index is 1.48. The zero-order valence-electron chi connectivity index (χ0n) is 20.5. The van der Waals surface area contributed by atoms with E-state index in [1.807, 2.05) is 0 Å². The number of benzene rings is 4. The number of hydrogen-bond acceptors (Lipinski definition) is 0. The summed E-state index contributed by atoms with van der Waals surface area (Å²) in [4.78, 5) is 0. The summed E-state index contributed by atoms with van der Waals surface area (Å²) in [6.45, 7) is 4.58. The molecule has 0 atom stereocenters. The van der Waals surface area contributed by atoms with Gasteiger partial charge in [-0.25, -0.2) is 0 Å². The van der Waals surface area contributed by atoms with E-state index < -0.39 is 0 Å². The molecule has 0 aliphatic rings. The van der Waals surface area contributed by atoms with Crippen LogP contribution in [0.4, 0.5) is 0 Å². The summed E-state index contributed by atoms with van der Waals surface area (Å²) in [7, 11) is 0. The number of unbranched alkanes of at least 4 members (excludes halogenated alkanes) is 10. The standard InChI is InChI=1S/C32H42/c1-3-5-7-9-11-13-15-25-21-27-17-19-29-23-26(16-14-12-10-8-6-4-2)24-30-20-18-28(22-25)31(27)32(29)30/h17-24H,3-16H2,1-2H3. The predicted molar refractivity (Wildman–Crippen MR) is 144 cm³/mol. The van der Waals surface area contributed by atoms with Gasteiger partial charge in [-0.3, -0.25) is 0 Å². The third kappa shape index (κ3) is 5.64. The predicted octanol–water partition coefficient (Wildman–Crippen LogP) is 10.4. The van der Waals surface area contributed by atoms with Crippen LogP contribution in [-0.4, -0.2) is 0 Å². The largest absolute Gasteiger partial charge is 0.0654 e. The van der Waals surface area contributed by atoms with Gasteiger partial charge in [0.15, 0.2) is 0 Å². The Morgan fingerprint density at radius 3 is 1.06 bits per heavy atom. The van der Waals surface area contributed by atoms with E-state index in [0.29, 0.717) is 0 Å². The van der Waals surface area contributed by atoms with Crippen molar-refractivity contribution in [1.82, 2.24) is 0 Å². The van der Waals surface area contributed by atoms with Gasteiger partial charge in [0.05, 0.1) is 0 Å². The average molecular weight is 427 g/mol. The molecule has 0 saturated carbocycles. The maximum Gasteiger partial charge on any atom is -0.00266 e. The van der Waals surface area contributed by atoms with Crippen LogP contribution < -0.4 is 0 Å². The molecule has 32 heavy (non-hydrogen) atoms. The number of rotatable bonds is 14. The molecule has 0 heterocycles. The molecule has 0 aromatic heterocycles. The molecule has 0 nitrogen and oxygen atoms in total. The molecule has 0 unspecified atom stereocenters. The molecule has 4 aromatic carbocycles. The van der Waals surface area contributed by atoms with Crippen molar-refractivity contribution in [3.63, 3.8) is 0 Å². The average Bonchev–Trinajstić information content (AvgIpc) is 2.81. The highest BCUT2D eigenvalue weighted by Crippen LogP contribution is 2.36. The third-order valence-electron chi connectivity index (χ3n) is 7.29. The van der Waals surface area contributed by atoms with Crippen LogP contribution in [0.2, 0.25) is 0 Å². The van der Waals surface area contributed by atoms with Crippen LogP contribution in [0.5, 0.6) is 0 Å². The van der Waals surface area contributed by atoms with Crippen molar-refractivity contribution in [2.75, 3.05) is 0 Å². The molecule has 0 amide bonds. The number of aryl methyl sites for hydroxylation is 2. The summed E-state index contributed by atoms with van der Waals surface area (Å²) in [5, 5.41) is 8.63. The summed E-state index contributed by atoms with van der Waals surface area (Å²) in [5.74, 6) is 0. The van der Waals surface area contributed by atoms with Gasteiger partial charge >= 0.3 is 0 Å². The maximum absolute atomic E-state index is 2.46. The Morgan fingerprint density at radius 2 is 0.719 bits per heavy atom. The van der Waals surface area contributed by atoms with Crippen molar-refractivity contribution < 1.29 is 0 Å². The molecule has 4 rings (SSSR count). The summed E-state index contributed by atoms with van der Waals surface area (Å²) >= 11 is 0. The second kappa shape index (κ2) is 11.7. The summed E-state index contributed by atoms with van der Waals surface area (Å²) in [6, 6.07) is 19.3. The lowest BCUT2D eigenvalue weighted by Crippen LogP contribution is -1.92. The van der Waals surface area contributed by atoms with E-state index in [2.05, 4.69) is 62.4 Å². The van der Waals surface area contributed by atoms with E-state index in [1.54, 1.807) is 0 Å². The molecule has 0 bridgehead atoms. The molecule has 0 aliphatic heterocycles. The van der Waals surface area contributed by atoms with Crippen molar-refractivity contribution >= 4 is 32.3 Å². The molecule has 0 spiro atoms. The molecule has 0 saturated heterocycles. The first-order valence-electron chi connectivity index (χ1n) is 13.5. The van der Waals surface area contributed by atoms with Gasteiger partial charge in [-0.1, -0.05) is 127 Å². The van der Waals surface area contributed by atoms with Crippen molar-refractivity contribution in [3.8, 4) is 0 Å². The Labute approximate surface area is 195 Å². The van der Waals surface area contributed by atoms with Crippen LogP contribution in [0, 0.1) is 0 Å². The first kappa shape index (κ1) is 23.1. The normalized spacial score (nSPS) is 11.9. The van der Waals surface area contributed by atoms with Crippen molar-refractivity contribution in [2.45, 2.75) is 104 Å². The minimum atomic E-state index is 1.21. The third-order valence-corrected chi connectivity index (χ3v) is 7.29. The molecular weight excluding hydrogens is 384 g/mol. The first-order chi connectivity index (χ1) is 15.8. The minimum Gasteiger partial charge on any atom is -0.0654 e. The van der Waals surface area contributed by atoms with Gasteiger partial charge in [0.1, 0.15) is 0 Å². The lowest BCUT2D eigenvalue weighted by Gasteiger charge is -2.14. The Morgan fingerprint density at radius 1 is 0.406 bits per heavy atom. The Kier molecular flexibility index (Phi) is 8.43. The molecule has 0 radical (unpaired) electrons. The molecule has 4 aromatic rings. The molecule has 170 valence electrons. The van der Waals surface area contributed by atoms with Crippen LogP contribution >= 0.6 is 0 Å². The van der Waals surface area contributed by atoms with Gasteiger partial charge in [0.25, 0.3) is 0 Å². The highest BCUT2D eigenvalue weighted by Gasteiger charge is 2.10. The highest BCUT2D eigenvalue weighted by atomic mass is 14.1. The van der Waals surface area contributed by atoms with E-state index in [4.69, 9.17) is 0 Å². The van der Waals surface area contributed by atoms with Crippen molar-refractivity contribution in [2.24, 2.45) is 0 Å². The molecule has 0 N–H and O–H groups in total. The zero-order valence-corrected chi connectivity index (χ0v) is 20.5. The Hall–Kier alpha value is -2.08. The van der Waals surface area contributed by atoms with Crippen LogP contribution in [0.25, 0.3) is 32.3 Å². The molecule has 0 fully saturated rings. The maximum atomic E-state index is 2.46. The van der Waals surface area contributed by atoms with Gasteiger partial charge < -0.3 is 0 Å². The van der Waals surface area contributed by atoms with Crippen molar-refractivity contribution in [1.29, 1.82) is 0 Å². The van der Waals surface area contributed by atoms with E-state index in [1.165, 1.54) is 133 Å². The highest BCUT2D eigenvalue weighted by molar-refractivity contribution is 6.23. The van der Waals surface area contributed by atoms with Crippen LogP contribution in [-0.2, 0) is 12.8 Å². The van der Waals surface area contributed by atoms with Crippen LogP contribution in [0.1, 0.15) is 102 Å². The summed E-state index contributed by atoms with van der Waals surface area (Å²) in [5.41, 5.74) is 3.02. The fourth-order valence-corrected chi connectivity index (χ4v) is 5.47. The molecule has 0 aliphatic carbocycles. The summed E-state index contributed by atoms with van der Waals surface area (Å²) < 4.78 is 0. The lowest BCUT2D eigenvalue weighted by atomic mass is 9.90. The van der Waals surface area contributed by atoms with Crippen LogP contribution in [0.15, 0.2) is 48.5 Å². The quantitative estimate of drug-likeness (QED) is 0.139. The van der Waals surface area contributed by atoms with E-state index >= 15 is 0 Å².